The molecule has 1 aromatic rings. The maximum absolute atomic E-state index is 12.8. The van der Waals surface area contributed by atoms with Gasteiger partial charge in [0.15, 0.2) is 11.4 Å². The normalized spacial score (nSPS) is 40.4. The lowest BCUT2D eigenvalue weighted by atomic mass is 9.64. The molecule has 4 aliphatic heterocycles. The SMILES string of the molecule is CC1=CC(=O)OC23CC(=O)OC12CC1CC(O)C2(C)Oc4cc(=O)c(O)cc(C)c4CC2CC(C)(C)C=CCC1(C)O3. The van der Waals surface area contributed by atoms with Gasteiger partial charge in [0.2, 0.25) is 5.43 Å². The summed E-state index contributed by atoms with van der Waals surface area (Å²) in [7, 11) is 0. The highest BCUT2D eigenvalue weighted by Gasteiger charge is 2.73. The molecule has 2 fully saturated rings. The summed E-state index contributed by atoms with van der Waals surface area (Å²) >= 11 is 0. The van der Waals surface area contributed by atoms with Crippen molar-refractivity contribution in [3.63, 3.8) is 0 Å². The van der Waals surface area contributed by atoms with Gasteiger partial charge >= 0.3 is 11.9 Å². The van der Waals surface area contributed by atoms with Gasteiger partial charge in [-0.25, -0.2) is 4.79 Å². The van der Waals surface area contributed by atoms with Crippen LogP contribution < -0.4 is 10.2 Å². The summed E-state index contributed by atoms with van der Waals surface area (Å²) in [6, 6.07) is 2.79. The number of aromatic hydroxyl groups is 1. The standard InChI is InChI=1S/C33H40O9/c1-18-10-23(34)24(35)14-25-22(18)12-21-15-29(3,4)8-7-9-30(5)20(13-26(36)31(21,6)39-25)16-32-19(2)11-27(37)41-33(32,42-30)17-28(38)40-32/h7-8,10-11,14,20-21,26,36H,9,12-13,15-17H2,1-6H3,(H,34,35). The number of aryl methyl sites for hydroxylation is 1. The first-order valence-electron chi connectivity index (χ1n) is 14.8. The Balaban J connectivity index is 1.47. The molecule has 0 spiro atoms. The van der Waals surface area contributed by atoms with Gasteiger partial charge in [-0.05, 0) is 87.5 Å². The first-order valence-corrected chi connectivity index (χ1v) is 14.8. The highest BCUT2D eigenvalue weighted by Crippen LogP contribution is 2.60. The van der Waals surface area contributed by atoms with Crippen LogP contribution in [-0.2, 0) is 30.2 Å². The molecule has 42 heavy (non-hydrogen) atoms. The van der Waals surface area contributed by atoms with Gasteiger partial charge in [-0.3, -0.25) is 9.59 Å². The Morgan fingerprint density at radius 2 is 1.69 bits per heavy atom. The van der Waals surface area contributed by atoms with E-state index in [1.807, 2.05) is 20.8 Å². The van der Waals surface area contributed by atoms with Crippen molar-refractivity contribution in [1.29, 1.82) is 0 Å². The molecule has 226 valence electrons. The molecule has 0 amide bonds. The van der Waals surface area contributed by atoms with Gasteiger partial charge in [0.25, 0.3) is 5.79 Å². The second-order valence-corrected chi connectivity index (χ2v) is 14.1. The first-order chi connectivity index (χ1) is 19.5. The molecular formula is C33H40O9. The van der Waals surface area contributed by atoms with Crippen molar-refractivity contribution in [2.75, 3.05) is 0 Å². The van der Waals surface area contributed by atoms with Crippen molar-refractivity contribution in [2.45, 2.75) is 109 Å². The van der Waals surface area contributed by atoms with Crippen LogP contribution in [0.3, 0.4) is 0 Å². The Kier molecular flexibility index (Phi) is 6.31. The fourth-order valence-corrected chi connectivity index (χ4v) is 8.08. The zero-order chi connectivity index (χ0) is 30.5. The van der Waals surface area contributed by atoms with Gasteiger partial charge in [0.05, 0.1) is 11.7 Å². The maximum Gasteiger partial charge on any atom is 0.333 e. The van der Waals surface area contributed by atoms with E-state index in [9.17, 15) is 24.6 Å². The number of ether oxygens (including phenoxy) is 4. The lowest BCUT2D eigenvalue weighted by molar-refractivity contribution is -0.352. The molecular weight excluding hydrogens is 540 g/mol. The zero-order valence-corrected chi connectivity index (χ0v) is 25.1. The number of aliphatic hydroxyl groups excluding tert-OH is 1. The monoisotopic (exact) mass is 580 g/mol. The van der Waals surface area contributed by atoms with E-state index in [-0.39, 0.29) is 35.8 Å². The van der Waals surface area contributed by atoms with E-state index in [0.717, 1.165) is 11.1 Å². The topological polar surface area (TPSA) is 129 Å². The molecule has 7 atom stereocenters. The number of allylic oxidation sites excluding steroid dienone is 1. The van der Waals surface area contributed by atoms with Crippen LogP contribution >= 0.6 is 0 Å². The van der Waals surface area contributed by atoms with Crippen LogP contribution in [-0.4, -0.2) is 50.8 Å². The number of carbonyl (C=O) groups is 2. The minimum Gasteiger partial charge on any atom is -0.504 e. The Hall–Kier alpha value is -3.17. The number of carbonyl (C=O) groups excluding carboxylic acids is 2. The van der Waals surface area contributed by atoms with Crippen LogP contribution in [0.5, 0.6) is 11.5 Å². The van der Waals surface area contributed by atoms with Crippen LogP contribution in [0.25, 0.3) is 0 Å². The van der Waals surface area contributed by atoms with Crippen molar-refractivity contribution < 1.29 is 38.7 Å². The van der Waals surface area contributed by atoms with Crippen LogP contribution in [0.1, 0.15) is 77.8 Å². The molecule has 1 aliphatic carbocycles. The van der Waals surface area contributed by atoms with Crippen molar-refractivity contribution >= 4 is 11.9 Å². The lowest BCUT2D eigenvalue weighted by Crippen LogP contribution is -2.68. The summed E-state index contributed by atoms with van der Waals surface area (Å²) < 4.78 is 25.2. The van der Waals surface area contributed by atoms with Crippen molar-refractivity contribution in [2.24, 2.45) is 17.3 Å². The summed E-state index contributed by atoms with van der Waals surface area (Å²) in [6.45, 7) is 11.7. The molecule has 0 aromatic heterocycles. The van der Waals surface area contributed by atoms with Gasteiger partial charge in [-0.15, -0.1) is 0 Å². The predicted octanol–water partition coefficient (Wildman–Crippen LogP) is 4.18. The fourth-order valence-electron chi connectivity index (χ4n) is 8.08. The van der Waals surface area contributed by atoms with E-state index in [1.54, 1.807) is 6.92 Å². The van der Waals surface area contributed by atoms with Crippen LogP contribution in [0, 0.1) is 24.2 Å². The van der Waals surface area contributed by atoms with Gasteiger partial charge in [-0.2, -0.15) is 0 Å². The third-order valence-electron chi connectivity index (χ3n) is 10.6. The molecule has 0 saturated carbocycles. The quantitative estimate of drug-likeness (QED) is 0.343. The molecule has 2 N–H and O–H groups in total. The average molecular weight is 581 g/mol. The number of aliphatic hydroxyl groups is 1. The third kappa shape index (κ3) is 4.22. The molecule has 0 radical (unpaired) electrons. The number of fused-ring (bicyclic) bond motifs is 3. The fraction of sp³-hybridized carbons (Fsp3) is 0.606. The Morgan fingerprint density at radius 1 is 0.952 bits per heavy atom. The summed E-state index contributed by atoms with van der Waals surface area (Å²) in [5.74, 6) is -3.10. The number of hydrogen-bond donors (Lipinski definition) is 2. The summed E-state index contributed by atoms with van der Waals surface area (Å²) in [6.07, 6.45) is 6.65. The smallest absolute Gasteiger partial charge is 0.333 e. The van der Waals surface area contributed by atoms with Gasteiger partial charge in [-0.1, -0.05) is 26.0 Å². The van der Waals surface area contributed by atoms with Crippen LogP contribution in [0.2, 0.25) is 0 Å². The second kappa shape index (κ2) is 9.16. The van der Waals surface area contributed by atoms with E-state index in [2.05, 4.69) is 26.0 Å². The zero-order valence-electron chi connectivity index (χ0n) is 25.1. The third-order valence-corrected chi connectivity index (χ3v) is 10.6. The predicted molar refractivity (Wildman–Crippen MR) is 152 cm³/mol. The molecule has 9 nitrogen and oxygen atoms in total. The summed E-state index contributed by atoms with van der Waals surface area (Å²) in [5, 5.41) is 22.4. The van der Waals surface area contributed by atoms with E-state index >= 15 is 0 Å². The molecule has 6 rings (SSSR count). The van der Waals surface area contributed by atoms with E-state index < -0.39 is 46.1 Å². The summed E-state index contributed by atoms with van der Waals surface area (Å²) in [5.41, 5.74) is -1.97. The summed E-state index contributed by atoms with van der Waals surface area (Å²) in [4.78, 5) is 38.0. The molecule has 5 aliphatic rings. The molecule has 9 heteroatoms. The maximum atomic E-state index is 12.8. The van der Waals surface area contributed by atoms with E-state index in [4.69, 9.17) is 18.9 Å². The van der Waals surface area contributed by atoms with Crippen molar-refractivity contribution in [1.82, 2.24) is 0 Å². The van der Waals surface area contributed by atoms with E-state index in [1.165, 1.54) is 18.2 Å². The number of hydrogen-bond acceptors (Lipinski definition) is 9. The molecule has 2 saturated heterocycles. The van der Waals surface area contributed by atoms with Crippen molar-refractivity contribution in [3.05, 3.63) is 57.3 Å². The number of esters is 2. The Bertz CT molecular complexity index is 1490. The molecule has 0 bridgehead atoms. The minimum atomic E-state index is -1.58. The average Bonchev–Trinajstić information content (AvgIpc) is 3.10. The highest BCUT2D eigenvalue weighted by atomic mass is 16.8. The number of rotatable bonds is 0. The molecule has 1 aromatic carbocycles. The van der Waals surface area contributed by atoms with Crippen LogP contribution in [0.4, 0.5) is 0 Å². The molecule has 7 unspecified atom stereocenters. The Morgan fingerprint density at radius 3 is 2.43 bits per heavy atom. The second-order valence-electron chi connectivity index (χ2n) is 14.1. The first kappa shape index (κ1) is 28.9. The largest absolute Gasteiger partial charge is 0.504 e. The minimum absolute atomic E-state index is 0.134. The van der Waals surface area contributed by atoms with Crippen molar-refractivity contribution in [3.8, 4) is 11.5 Å². The van der Waals surface area contributed by atoms with Gasteiger partial charge in [0.1, 0.15) is 17.8 Å². The lowest BCUT2D eigenvalue weighted by Gasteiger charge is -2.57. The van der Waals surface area contributed by atoms with Gasteiger partial charge < -0.3 is 29.2 Å². The van der Waals surface area contributed by atoms with Crippen LogP contribution in [0.15, 0.2) is 40.7 Å². The van der Waals surface area contributed by atoms with E-state index in [0.29, 0.717) is 37.0 Å². The molecule has 4 heterocycles. The Labute approximate surface area is 245 Å². The van der Waals surface area contributed by atoms with Gasteiger partial charge in [0, 0.05) is 24.5 Å². The highest BCUT2D eigenvalue weighted by molar-refractivity contribution is 5.87.